The van der Waals surface area contributed by atoms with Crippen LogP contribution < -0.4 is 5.32 Å². The van der Waals surface area contributed by atoms with Gasteiger partial charge in [0, 0.05) is 27.5 Å². The third kappa shape index (κ3) is 4.97. The third-order valence-electron chi connectivity index (χ3n) is 4.00. The van der Waals surface area contributed by atoms with Crippen LogP contribution in [-0.4, -0.2) is 34.1 Å². The molecule has 0 bridgehead atoms. The first kappa shape index (κ1) is 16.7. The molecule has 2 rings (SSSR count). The molecule has 1 fully saturated rings. The maximum absolute atomic E-state index is 3.81. The molecule has 114 valence electrons. The number of aryl methyl sites for hydroxylation is 1. The molecule has 1 N–H and O–H groups in total. The van der Waals surface area contributed by atoms with Gasteiger partial charge in [-0.3, -0.25) is 0 Å². The Balaban J connectivity index is 1.88. The van der Waals surface area contributed by atoms with E-state index in [0.29, 0.717) is 6.04 Å². The molecular weight excluding hydrogens is 302 g/mol. The largest absolute Gasteiger partial charge is 0.313 e. The van der Waals surface area contributed by atoms with Crippen LogP contribution in [0.1, 0.15) is 39.2 Å². The summed E-state index contributed by atoms with van der Waals surface area (Å²) in [5.74, 6) is 1.31. The van der Waals surface area contributed by atoms with E-state index in [1.807, 2.05) is 11.3 Å². The molecule has 4 unspecified atom stereocenters. The van der Waals surface area contributed by atoms with Crippen molar-refractivity contribution in [3.05, 3.63) is 22.4 Å². The first-order valence-corrected chi connectivity index (χ1v) is 10.7. The highest BCUT2D eigenvalue weighted by atomic mass is 32.2. The second kappa shape index (κ2) is 8.72. The number of thiophene rings is 1. The maximum Gasteiger partial charge on any atom is 0.0295 e. The van der Waals surface area contributed by atoms with Gasteiger partial charge in [0.25, 0.3) is 0 Å². The first-order chi connectivity index (χ1) is 9.70. The number of nitrogens with one attached hydrogen (secondary N) is 1. The van der Waals surface area contributed by atoms with E-state index in [1.54, 1.807) is 0 Å². The highest BCUT2D eigenvalue weighted by Crippen LogP contribution is 2.37. The Morgan fingerprint density at radius 3 is 2.85 bits per heavy atom. The lowest BCUT2D eigenvalue weighted by Gasteiger charge is -2.36. The van der Waals surface area contributed by atoms with E-state index in [-0.39, 0.29) is 0 Å². The van der Waals surface area contributed by atoms with Gasteiger partial charge in [-0.15, -0.1) is 0 Å². The zero-order chi connectivity index (χ0) is 14.4. The van der Waals surface area contributed by atoms with E-state index in [1.165, 1.54) is 30.6 Å². The van der Waals surface area contributed by atoms with E-state index >= 15 is 0 Å². The summed E-state index contributed by atoms with van der Waals surface area (Å²) >= 11 is 6.19. The monoisotopic (exact) mass is 329 g/mol. The van der Waals surface area contributed by atoms with Gasteiger partial charge in [-0.1, -0.05) is 20.8 Å². The molecule has 0 radical (unpaired) electrons. The fourth-order valence-corrected chi connectivity index (χ4v) is 6.40. The van der Waals surface area contributed by atoms with E-state index < -0.39 is 0 Å². The lowest BCUT2D eigenvalue weighted by atomic mass is 10.1. The smallest absolute Gasteiger partial charge is 0.0295 e. The van der Waals surface area contributed by atoms with Crippen LogP contribution in [0.25, 0.3) is 0 Å². The van der Waals surface area contributed by atoms with Crippen molar-refractivity contribution >= 4 is 34.9 Å². The second-order valence-corrected chi connectivity index (χ2v) is 9.46. The maximum atomic E-state index is 3.81. The number of hydrogen-bond donors (Lipinski definition) is 1. The predicted octanol–water partition coefficient (Wildman–Crippen LogP) is 4.67. The van der Waals surface area contributed by atoms with E-state index in [2.05, 4.69) is 66.4 Å². The highest BCUT2D eigenvalue weighted by molar-refractivity contribution is 8.07. The molecule has 0 saturated carbocycles. The van der Waals surface area contributed by atoms with Crippen molar-refractivity contribution in [3.63, 3.8) is 0 Å². The molecule has 1 aromatic rings. The summed E-state index contributed by atoms with van der Waals surface area (Å²) in [6.45, 7) is 8.18. The fraction of sp³-hybridized carbons (Fsp3) is 0.750. The van der Waals surface area contributed by atoms with Crippen molar-refractivity contribution in [2.75, 3.05) is 12.3 Å². The van der Waals surface area contributed by atoms with Crippen molar-refractivity contribution in [3.8, 4) is 0 Å². The summed E-state index contributed by atoms with van der Waals surface area (Å²) in [6.07, 6.45) is 3.72. The van der Waals surface area contributed by atoms with Crippen molar-refractivity contribution in [1.82, 2.24) is 5.32 Å². The van der Waals surface area contributed by atoms with E-state index in [9.17, 15) is 0 Å². The summed E-state index contributed by atoms with van der Waals surface area (Å²) in [7, 11) is 0. The Hall–Kier alpha value is 0.360. The molecule has 1 saturated heterocycles. The Bertz CT molecular complexity index is 366. The minimum absolute atomic E-state index is 0.669. The van der Waals surface area contributed by atoms with Gasteiger partial charge in [-0.25, -0.2) is 0 Å². The standard InChI is InChI=1S/C16H27NS3/c1-4-8-17-15(6-5-14-7-9-18-10-14)16-11-19-12(2)13(3)20-16/h7,9-10,12-13,15-17H,4-6,8,11H2,1-3H3. The van der Waals surface area contributed by atoms with Gasteiger partial charge in [-0.05, 0) is 48.2 Å². The second-order valence-electron chi connectivity index (χ2n) is 5.65. The van der Waals surface area contributed by atoms with Gasteiger partial charge >= 0.3 is 0 Å². The normalized spacial score (nSPS) is 28.4. The lowest BCUT2D eigenvalue weighted by molar-refractivity contribution is 0.477. The number of rotatable bonds is 7. The van der Waals surface area contributed by atoms with Crippen LogP contribution in [0.2, 0.25) is 0 Å². The number of thioether (sulfide) groups is 2. The first-order valence-electron chi connectivity index (χ1n) is 7.72. The summed E-state index contributed by atoms with van der Waals surface area (Å²) in [6, 6.07) is 2.94. The minimum Gasteiger partial charge on any atom is -0.313 e. The SMILES string of the molecule is CCCNC(CCc1ccsc1)C1CSC(C)C(C)S1. The van der Waals surface area contributed by atoms with Gasteiger partial charge in [-0.2, -0.15) is 34.9 Å². The van der Waals surface area contributed by atoms with Crippen LogP contribution >= 0.6 is 34.9 Å². The fourth-order valence-electron chi connectivity index (χ4n) is 2.52. The molecule has 0 spiro atoms. The van der Waals surface area contributed by atoms with Gasteiger partial charge < -0.3 is 5.32 Å². The molecule has 4 atom stereocenters. The van der Waals surface area contributed by atoms with Crippen LogP contribution in [0.3, 0.4) is 0 Å². The zero-order valence-corrected chi connectivity index (χ0v) is 15.3. The Morgan fingerprint density at radius 1 is 1.35 bits per heavy atom. The topological polar surface area (TPSA) is 12.0 Å². The minimum atomic E-state index is 0.669. The van der Waals surface area contributed by atoms with Crippen molar-refractivity contribution < 1.29 is 0 Å². The van der Waals surface area contributed by atoms with Crippen LogP contribution in [0.4, 0.5) is 0 Å². The highest BCUT2D eigenvalue weighted by Gasteiger charge is 2.30. The van der Waals surface area contributed by atoms with Crippen molar-refractivity contribution in [1.29, 1.82) is 0 Å². The van der Waals surface area contributed by atoms with E-state index in [0.717, 1.165) is 22.3 Å². The average molecular weight is 330 g/mol. The molecule has 0 amide bonds. The van der Waals surface area contributed by atoms with Gasteiger partial charge in [0.2, 0.25) is 0 Å². The number of hydrogen-bond acceptors (Lipinski definition) is 4. The molecule has 1 aromatic heterocycles. The molecule has 1 nitrogen and oxygen atoms in total. The zero-order valence-electron chi connectivity index (χ0n) is 12.8. The van der Waals surface area contributed by atoms with Crippen LogP contribution in [-0.2, 0) is 6.42 Å². The molecule has 0 aromatic carbocycles. The van der Waals surface area contributed by atoms with Crippen LogP contribution in [0.15, 0.2) is 16.8 Å². The predicted molar refractivity (Wildman–Crippen MR) is 97.5 cm³/mol. The van der Waals surface area contributed by atoms with Crippen LogP contribution in [0.5, 0.6) is 0 Å². The van der Waals surface area contributed by atoms with Crippen molar-refractivity contribution in [2.45, 2.75) is 61.8 Å². The molecular formula is C16H27NS3. The molecule has 1 aliphatic rings. The molecule has 20 heavy (non-hydrogen) atoms. The van der Waals surface area contributed by atoms with E-state index in [4.69, 9.17) is 0 Å². The Kier molecular flexibility index (Phi) is 7.29. The molecule has 1 aliphatic heterocycles. The van der Waals surface area contributed by atoms with Crippen molar-refractivity contribution in [2.24, 2.45) is 0 Å². The summed E-state index contributed by atoms with van der Waals surface area (Å²) < 4.78 is 0. The average Bonchev–Trinajstić information content (AvgIpc) is 2.95. The molecule has 0 aliphatic carbocycles. The lowest BCUT2D eigenvalue weighted by Crippen LogP contribution is -2.43. The van der Waals surface area contributed by atoms with Gasteiger partial charge in [0.15, 0.2) is 0 Å². The Labute approximate surface area is 136 Å². The quantitative estimate of drug-likeness (QED) is 0.780. The van der Waals surface area contributed by atoms with Gasteiger partial charge in [0.1, 0.15) is 0 Å². The summed E-state index contributed by atoms with van der Waals surface area (Å²) in [4.78, 5) is 0. The third-order valence-corrected chi connectivity index (χ3v) is 8.29. The summed E-state index contributed by atoms with van der Waals surface area (Å²) in [5, 5.41) is 10.7. The summed E-state index contributed by atoms with van der Waals surface area (Å²) in [5.41, 5.74) is 1.51. The molecule has 4 heteroatoms. The Morgan fingerprint density at radius 2 is 2.20 bits per heavy atom. The molecule has 2 heterocycles. The van der Waals surface area contributed by atoms with Gasteiger partial charge in [0.05, 0.1) is 0 Å². The van der Waals surface area contributed by atoms with Crippen LogP contribution in [0, 0.1) is 0 Å².